The van der Waals surface area contributed by atoms with Gasteiger partial charge in [0.1, 0.15) is 17.8 Å². The van der Waals surface area contributed by atoms with Crippen LogP contribution in [0.15, 0.2) is 72.5 Å². The number of aryl methyl sites for hydroxylation is 2. The van der Waals surface area contributed by atoms with Crippen LogP contribution in [0.5, 0.6) is 5.75 Å². The molecule has 6 N–H and O–H groups in total. The number of nitrogens with zero attached hydrogens (tertiary/aromatic N) is 9. The lowest BCUT2D eigenvalue weighted by atomic mass is 9.80. The Morgan fingerprint density at radius 3 is 2.28 bits per heavy atom. The number of carbonyl (C=O) groups is 3. The summed E-state index contributed by atoms with van der Waals surface area (Å²) in [6.07, 6.45) is 12.8. The lowest BCUT2D eigenvalue weighted by Crippen LogP contribution is -2.58. The van der Waals surface area contributed by atoms with Crippen LogP contribution >= 0.6 is 11.3 Å². The molecular weight excluding hydrogens is 972 g/mol. The Labute approximate surface area is 443 Å². The van der Waals surface area contributed by atoms with Crippen molar-refractivity contribution < 1.29 is 29.0 Å². The van der Waals surface area contributed by atoms with Gasteiger partial charge in [-0.05, 0) is 133 Å². The number of piperazine rings is 1. The number of β-amino-alcohol motifs (C(OH)–C–C–N with tert-alkyl or cyclic N) is 1. The van der Waals surface area contributed by atoms with Crippen LogP contribution in [0.3, 0.4) is 0 Å². The summed E-state index contributed by atoms with van der Waals surface area (Å²) < 4.78 is 15.1. The van der Waals surface area contributed by atoms with Crippen molar-refractivity contribution in [2.75, 3.05) is 48.8 Å². The Morgan fingerprint density at radius 2 is 1.60 bits per heavy atom. The lowest BCUT2D eigenvalue weighted by Gasteiger charge is -2.45. The number of aromatic hydroxyl groups is 1. The van der Waals surface area contributed by atoms with Crippen LogP contribution in [-0.4, -0.2) is 138 Å². The van der Waals surface area contributed by atoms with E-state index in [4.69, 9.17) is 15.7 Å². The van der Waals surface area contributed by atoms with Gasteiger partial charge in [0.2, 0.25) is 17.8 Å². The number of hydrogen-bond acceptors (Lipinski definition) is 15. The molecule has 19 heteroatoms. The Balaban J connectivity index is 0.695. The zero-order valence-corrected chi connectivity index (χ0v) is 44.5. The monoisotopic (exact) mass is 1040 g/mol. The van der Waals surface area contributed by atoms with E-state index in [9.17, 15) is 24.6 Å². The molecule has 2 aliphatic heterocycles. The normalized spacial score (nSPS) is 22.8. The smallest absolute Gasteiger partial charge is 0.258 e. The van der Waals surface area contributed by atoms with E-state index in [-0.39, 0.29) is 62.0 Å². The molecule has 3 unspecified atom stereocenters. The van der Waals surface area contributed by atoms with E-state index in [1.54, 1.807) is 23.5 Å². The Bertz CT molecular complexity index is 2740. The first-order chi connectivity index (χ1) is 36.1. The number of phenols is 1. The van der Waals surface area contributed by atoms with Crippen LogP contribution in [0.25, 0.3) is 21.7 Å². The van der Waals surface area contributed by atoms with Crippen LogP contribution in [0.2, 0.25) is 0 Å². The fourth-order valence-corrected chi connectivity index (χ4v) is 12.2. The Morgan fingerprint density at radius 1 is 0.907 bits per heavy atom. The number of thiazole rings is 1. The topological polar surface area (TPSA) is 219 Å². The summed E-state index contributed by atoms with van der Waals surface area (Å²) in [6.45, 7) is 8.87. The van der Waals surface area contributed by atoms with Gasteiger partial charge in [0, 0.05) is 68.7 Å². The molecule has 5 atom stereocenters. The fraction of sp³-hybridized carbons (Fsp3) is 0.536. The molecule has 0 radical (unpaired) electrons. The number of halogens is 1. The zero-order chi connectivity index (χ0) is 52.8. The van der Waals surface area contributed by atoms with E-state index in [1.165, 1.54) is 4.90 Å². The largest absolute Gasteiger partial charge is 0.507 e. The predicted molar refractivity (Wildman–Crippen MR) is 290 cm³/mol. The van der Waals surface area contributed by atoms with Crippen molar-refractivity contribution in [1.82, 2.24) is 45.6 Å². The molecule has 2 aliphatic carbocycles. The molecule has 3 aromatic heterocycles. The Hall–Kier alpha value is -6.31. The summed E-state index contributed by atoms with van der Waals surface area (Å²) in [6, 6.07) is 15.5. The number of phenolic OH excluding ortho intramolecular Hbond substituents is 1. The molecule has 75 heavy (non-hydrogen) atoms. The summed E-state index contributed by atoms with van der Waals surface area (Å²) >= 11 is 1.57. The number of unbranched alkanes of at least 4 members (excludes halogenated alkanes) is 4. The first-order valence-corrected chi connectivity index (χ1v) is 27.7. The summed E-state index contributed by atoms with van der Waals surface area (Å²) in [4.78, 5) is 64.6. The third-order valence-corrected chi connectivity index (χ3v) is 16.9. The van der Waals surface area contributed by atoms with Gasteiger partial charge in [-0.25, -0.2) is 19.3 Å². The molecule has 0 bridgehead atoms. The van der Waals surface area contributed by atoms with Crippen molar-refractivity contribution in [2.24, 2.45) is 5.92 Å². The highest BCUT2D eigenvalue weighted by Gasteiger charge is 2.53. The van der Waals surface area contributed by atoms with Crippen LogP contribution < -0.4 is 26.2 Å². The average Bonchev–Trinajstić information content (AvgIpc) is 3.83. The minimum Gasteiger partial charge on any atom is -0.507 e. The number of likely N-dealkylation sites (tertiary alicyclic amines) is 1. The average molecular weight is 1050 g/mol. The minimum atomic E-state index is -1.96. The van der Waals surface area contributed by atoms with E-state index in [0.29, 0.717) is 55.0 Å². The number of rotatable bonds is 20. The molecule has 9 rings (SSSR count). The van der Waals surface area contributed by atoms with Gasteiger partial charge >= 0.3 is 0 Å². The van der Waals surface area contributed by atoms with Crippen molar-refractivity contribution in [3.63, 3.8) is 0 Å². The van der Waals surface area contributed by atoms with E-state index >= 15 is 4.39 Å². The highest BCUT2D eigenvalue weighted by Crippen LogP contribution is 2.41. The Kier molecular flexibility index (Phi) is 16.9. The first kappa shape index (κ1) is 53.5. The number of para-hydroxylation sites is 1. The second-order valence-electron chi connectivity index (χ2n) is 21.5. The van der Waals surface area contributed by atoms with Gasteiger partial charge in [0.25, 0.3) is 5.91 Å². The van der Waals surface area contributed by atoms with Crippen LogP contribution in [0, 0.1) is 12.8 Å². The molecule has 2 aromatic carbocycles. The minimum absolute atomic E-state index is 0.0271. The molecule has 2 saturated heterocycles. The lowest BCUT2D eigenvalue weighted by molar-refractivity contribution is -0.144. The number of aromatic nitrogens is 5. The van der Waals surface area contributed by atoms with Crippen molar-refractivity contribution in [3.8, 4) is 27.4 Å². The maximum atomic E-state index is 15.1. The molecule has 17 nitrogen and oxygen atoms in total. The van der Waals surface area contributed by atoms with Gasteiger partial charge in [0.05, 0.1) is 33.6 Å². The van der Waals surface area contributed by atoms with Gasteiger partial charge in [-0.15, -0.1) is 21.5 Å². The van der Waals surface area contributed by atoms with Crippen LogP contribution in [0.1, 0.15) is 108 Å². The molecule has 5 aromatic rings. The van der Waals surface area contributed by atoms with Crippen LogP contribution in [-0.2, 0) is 27.3 Å². The summed E-state index contributed by atoms with van der Waals surface area (Å²) in [5, 5.41) is 35.4. The van der Waals surface area contributed by atoms with Crippen molar-refractivity contribution in [1.29, 1.82) is 0 Å². The standard InChI is InChI=1S/C56H73FN12O5S/c1-35-31-67(46-27-45(64-65-51(46)58)44-13-9-10-14-48(44)71)32-36(2)69(35)55-60-29-39(30-61-55)12-8-6-5-7-11-25-66(4)42-21-19-40(20-22-42)49(63-54(74)56(57)23-24-56)53(73)68-33-43(70)26-47(68)52(72)59-28-38-15-17-41(18-16-38)50-37(3)62-34-75-50/h9-10,13-18,27,29-30,34-36,40,42-43,47,49,70-71H,5-8,11-12,19-26,28,31-33H2,1-4H3,(H2,58,65)(H,59,72)(H,63,74)/t35?,36?,40?,42?,43-,47+,49?/m1/s1. The molecule has 0 spiro atoms. The third-order valence-electron chi connectivity index (χ3n) is 15.9. The number of amides is 3. The van der Waals surface area contributed by atoms with Gasteiger partial charge in [0.15, 0.2) is 11.5 Å². The number of nitrogens with one attached hydrogen (secondary N) is 2. The summed E-state index contributed by atoms with van der Waals surface area (Å²) in [5.41, 5.74) is 12.2. The number of alkyl halides is 1. The van der Waals surface area contributed by atoms with Gasteiger partial charge in [-0.3, -0.25) is 14.4 Å². The summed E-state index contributed by atoms with van der Waals surface area (Å²) in [5.74, 6) is -0.578. The molecule has 4 fully saturated rings. The van der Waals surface area contributed by atoms with E-state index < -0.39 is 35.7 Å². The molecular formula is C56H73FN12O5S. The number of hydrogen-bond donors (Lipinski definition) is 5. The van der Waals surface area contributed by atoms with E-state index in [1.807, 2.05) is 67.3 Å². The first-order valence-electron chi connectivity index (χ1n) is 26.9. The van der Waals surface area contributed by atoms with Crippen molar-refractivity contribution in [3.05, 3.63) is 89.3 Å². The highest BCUT2D eigenvalue weighted by atomic mass is 32.1. The molecule has 5 heterocycles. The second-order valence-corrected chi connectivity index (χ2v) is 22.3. The fourth-order valence-electron chi connectivity index (χ4n) is 11.4. The highest BCUT2D eigenvalue weighted by molar-refractivity contribution is 7.13. The van der Waals surface area contributed by atoms with Gasteiger partial charge in [-0.2, -0.15) is 0 Å². The number of carbonyl (C=O) groups excluding carboxylic acids is 3. The number of nitrogen functional groups attached to an aromatic ring is 1. The number of aliphatic hydroxyl groups is 1. The molecule has 4 aliphatic rings. The molecule has 3 amide bonds. The predicted octanol–water partition coefficient (Wildman–Crippen LogP) is 7.01. The SMILES string of the molecule is Cc1ncsc1-c1ccc(CNC(=O)[C@@H]2C[C@@H](O)CN2C(=O)C(NC(=O)C2(F)CC2)C2CCC(N(C)CCCCCCCc3cnc(N4C(C)CN(c5cc(-c6ccccc6O)nnc5N)CC4C)nc3)CC2)cc1. The number of anilines is 3. The molecule has 400 valence electrons. The van der Waals surface area contributed by atoms with E-state index in [2.05, 4.69) is 61.4 Å². The quantitative estimate of drug-likeness (QED) is 0.0496. The number of benzene rings is 2. The zero-order valence-electron chi connectivity index (χ0n) is 43.7. The number of aliphatic hydroxyl groups excluding tert-OH is 1. The second kappa shape index (κ2) is 23.7. The maximum absolute atomic E-state index is 15.1. The molecule has 2 saturated carbocycles. The third kappa shape index (κ3) is 12.7. The number of nitrogens with two attached hydrogens (primary N) is 1. The van der Waals surface area contributed by atoms with E-state index in [0.717, 1.165) is 90.9 Å². The summed E-state index contributed by atoms with van der Waals surface area (Å²) in [7, 11) is 2.16. The van der Waals surface area contributed by atoms with Gasteiger partial charge in [-0.1, -0.05) is 55.7 Å². The van der Waals surface area contributed by atoms with Crippen molar-refractivity contribution in [2.45, 2.75) is 153 Å². The van der Waals surface area contributed by atoms with Gasteiger partial charge < -0.3 is 46.2 Å². The maximum Gasteiger partial charge on any atom is 0.258 e. The van der Waals surface area contributed by atoms with Crippen LogP contribution in [0.4, 0.5) is 21.8 Å². The van der Waals surface area contributed by atoms with Crippen molar-refractivity contribution >= 4 is 46.5 Å².